The van der Waals surface area contributed by atoms with Crippen LogP contribution in [0.1, 0.15) is 13.3 Å². The Labute approximate surface area is 113 Å². The van der Waals surface area contributed by atoms with Crippen LogP contribution >= 0.6 is 15.9 Å². The van der Waals surface area contributed by atoms with Gasteiger partial charge in [-0.1, -0.05) is 19.1 Å². The first-order chi connectivity index (χ1) is 8.16. The maximum atomic E-state index is 3.55. The summed E-state index contributed by atoms with van der Waals surface area (Å²) >= 11 is 3.55. The van der Waals surface area contributed by atoms with Crippen molar-refractivity contribution < 1.29 is 0 Å². The van der Waals surface area contributed by atoms with Crippen molar-refractivity contribution in [2.75, 3.05) is 32.0 Å². The molecule has 1 saturated carbocycles. The number of benzene rings is 1. The second kappa shape index (κ2) is 5.87. The maximum absolute atomic E-state index is 3.55. The van der Waals surface area contributed by atoms with Gasteiger partial charge in [0.15, 0.2) is 0 Å². The van der Waals surface area contributed by atoms with Gasteiger partial charge in [-0.05, 0) is 53.4 Å². The van der Waals surface area contributed by atoms with Crippen LogP contribution in [-0.4, -0.2) is 31.6 Å². The Morgan fingerprint density at radius 1 is 1.41 bits per heavy atom. The summed E-state index contributed by atoms with van der Waals surface area (Å²) in [6, 6.07) is 8.27. The lowest BCUT2D eigenvalue weighted by molar-refractivity contribution is 0.326. The van der Waals surface area contributed by atoms with E-state index in [0.29, 0.717) is 0 Å². The van der Waals surface area contributed by atoms with Crippen molar-refractivity contribution >= 4 is 21.6 Å². The van der Waals surface area contributed by atoms with E-state index in [1.807, 2.05) is 6.07 Å². The van der Waals surface area contributed by atoms with Crippen LogP contribution in [0, 0.1) is 11.8 Å². The first-order valence-corrected chi connectivity index (χ1v) is 7.13. The zero-order valence-corrected chi connectivity index (χ0v) is 12.2. The largest absolute Gasteiger partial charge is 0.383 e. The Balaban J connectivity index is 1.67. The summed E-state index contributed by atoms with van der Waals surface area (Å²) in [5, 5.41) is 3.46. The molecule has 2 unspecified atom stereocenters. The van der Waals surface area contributed by atoms with Gasteiger partial charge >= 0.3 is 0 Å². The van der Waals surface area contributed by atoms with E-state index in [1.54, 1.807) is 0 Å². The Hall–Kier alpha value is -0.540. The third kappa shape index (κ3) is 4.00. The minimum absolute atomic E-state index is 0.948. The molecule has 0 heterocycles. The Bertz CT molecular complexity index is 367. The van der Waals surface area contributed by atoms with Crippen molar-refractivity contribution in [1.82, 2.24) is 4.90 Å². The number of hydrogen-bond donors (Lipinski definition) is 1. The van der Waals surface area contributed by atoms with Crippen molar-refractivity contribution in [2.45, 2.75) is 13.3 Å². The topological polar surface area (TPSA) is 15.3 Å². The second-order valence-corrected chi connectivity index (χ2v) is 6.00. The molecule has 1 aromatic carbocycles. The molecule has 17 heavy (non-hydrogen) atoms. The van der Waals surface area contributed by atoms with E-state index in [1.165, 1.54) is 18.7 Å². The zero-order chi connectivity index (χ0) is 12.3. The molecule has 0 spiro atoms. The van der Waals surface area contributed by atoms with Gasteiger partial charge in [-0.3, -0.25) is 0 Å². The highest BCUT2D eigenvalue weighted by Crippen LogP contribution is 2.37. The van der Waals surface area contributed by atoms with Crippen LogP contribution in [0.2, 0.25) is 0 Å². The molecule has 0 aromatic heterocycles. The summed E-state index contributed by atoms with van der Waals surface area (Å²) in [6.07, 6.45) is 1.42. The lowest BCUT2D eigenvalue weighted by Gasteiger charge is -2.17. The quantitative estimate of drug-likeness (QED) is 0.865. The molecule has 2 rings (SSSR count). The predicted octanol–water partition coefficient (Wildman–Crippen LogP) is 3.45. The molecule has 2 nitrogen and oxygen atoms in total. The number of nitrogens with one attached hydrogen (secondary N) is 1. The van der Waals surface area contributed by atoms with E-state index in [4.69, 9.17) is 0 Å². The van der Waals surface area contributed by atoms with Crippen LogP contribution in [-0.2, 0) is 0 Å². The van der Waals surface area contributed by atoms with Crippen molar-refractivity contribution in [3.05, 3.63) is 28.7 Å². The molecule has 1 N–H and O–H groups in total. The summed E-state index contributed by atoms with van der Waals surface area (Å²) in [6.45, 7) is 5.70. The molecule has 0 saturated heterocycles. The number of rotatable bonds is 6. The Morgan fingerprint density at radius 2 is 2.12 bits per heavy atom. The molecule has 1 aliphatic carbocycles. The Kier molecular flexibility index (Phi) is 4.46. The summed E-state index contributed by atoms with van der Waals surface area (Å²) in [5.74, 6) is 1.90. The van der Waals surface area contributed by atoms with Gasteiger partial charge in [-0.2, -0.15) is 0 Å². The van der Waals surface area contributed by atoms with Gasteiger partial charge < -0.3 is 10.2 Å². The molecule has 0 aliphatic heterocycles. The number of hydrogen-bond acceptors (Lipinski definition) is 2. The fraction of sp³-hybridized carbons (Fsp3) is 0.571. The van der Waals surface area contributed by atoms with Gasteiger partial charge in [0.25, 0.3) is 0 Å². The minimum atomic E-state index is 0.948. The van der Waals surface area contributed by atoms with Crippen LogP contribution in [0.25, 0.3) is 0 Å². The van der Waals surface area contributed by atoms with Crippen LogP contribution < -0.4 is 5.32 Å². The number of anilines is 1. The highest BCUT2D eigenvalue weighted by molar-refractivity contribution is 9.10. The lowest BCUT2D eigenvalue weighted by atomic mass is 10.3. The van der Waals surface area contributed by atoms with Gasteiger partial charge in [0, 0.05) is 29.8 Å². The standard InChI is InChI=1S/C14H21BrN2/c1-11-9-12(11)10-17(2)8-7-16-14-6-4-3-5-13(14)15/h3-6,11-12,16H,7-10H2,1-2H3. The molecule has 94 valence electrons. The van der Waals surface area contributed by atoms with Crippen LogP contribution in [0.4, 0.5) is 5.69 Å². The molecule has 1 aromatic rings. The average molecular weight is 297 g/mol. The molecule has 1 fully saturated rings. The van der Waals surface area contributed by atoms with E-state index >= 15 is 0 Å². The highest BCUT2D eigenvalue weighted by Gasteiger charge is 2.32. The molecule has 0 radical (unpaired) electrons. The van der Waals surface area contributed by atoms with Gasteiger partial charge in [0.1, 0.15) is 0 Å². The fourth-order valence-electron chi connectivity index (χ4n) is 2.13. The van der Waals surface area contributed by atoms with Gasteiger partial charge in [-0.25, -0.2) is 0 Å². The summed E-state index contributed by atoms with van der Waals surface area (Å²) in [7, 11) is 2.22. The van der Waals surface area contributed by atoms with E-state index in [0.717, 1.165) is 29.4 Å². The average Bonchev–Trinajstić information content (AvgIpc) is 2.97. The third-order valence-electron chi connectivity index (χ3n) is 3.51. The van der Waals surface area contributed by atoms with Crippen molar-refractivity contribution in [3.8, 4) is 0 Å². The maximum Gasteiger partial charge on any atom is 0.0485 e. The molecule has 0 bridgehead atoms. The van der Waals surface area contributed by atoms with E-state index in [2.05, 4.69) is 58.3 Å². The van der Waals surface area contributed by atoms with E-state index in [9.17, 15) is 0 Å². The van der Waals surface area contributed by atoms with Gasteiger partial charge in [0.05, 0.1) is 0 Å². The minimum Gasteiger partial charge on any atom is -0.383 e. The molecule has 3 heteroatoms. The smallest absolute Gasteiger partial charge is 0.0485 e. The summed E-state index contributed by atoms with van der Waals surface area (Å²) in [5.41, 5.74) is 1.18. The summed E-state index contributed by atoms with van der Waals surface area (Å²) < 4.78 is 1.14. The predicted molar refractivity (Wildman–Crippen MR) is 77.4 cm³/mol. The number of halogens is 1. The monoisotopic (exact) mass is 296 g/mol. The van der Waals surface area contributed by atoms with E-state index < -0.39 is 0 Å². The molecular weight excluding hydrogens is 276 g/mol. The molecule has 2 atom stereocenters. The zero-order valence-electron chi connectivity index (χ0n) is 10.6. The van der Waals surface area contributed by atoms with Gasteiger partial charge in [0.2, 0.25) is 0 Å². The first-order valence-electron chi connectivity index (χ1n) is 6.33. The fourth-order valence-corrected chi connectivity index (χ4v) is 2.56. The second-order valence-electron chi connectivity index (χ2n) is 5.14. The first kappa shape index (κ1) is 12.9. The van der Waals surface area contributed by atoms with Crippen LogP contribution in [0.15, 0.2) is 28.7 Å². The van der Waals surface area contributed by atoms with Gasteiger partial charge in [-0.15, -0.1) is 0 Å². The van der Waals surface area contributed by atoms with Crippen molar-refractivity contribution in [2.24, 2.45) is 11.8 Å². The highest BCUT2D eigenvalue weighted by atomic mass is 79.9. The molecular formula is C14H21BrN2. The number of para-hydroxylation sites is 1. The SMILES string of the molecule is CC1CC1CN(C)CCNc1ccccc1Br. The number of nitrogens with zero attached hydrogens (tertiary/aromatic N) is 1. The van der Waals surface area contributed by atoms with Crippen LogP contribution in [0.5, 0.6) is 0 Å². The number of likely N-dealkylation sites (N-methyl/N-ethyl adjacent to an activating group) is 1. The van der Waals surface area contributed by atoms with Crippen molar-refractivity contribution in [3.63, 3.8) is 0 Å². The molecule has 0 amide bonds. The van der Waals surface area contributed by atoms with Crippen molar-refractivity contribution in [1.29, 1.82) is 0 Å². The Morgan fingerprint density at radius 3 is 2.76 bits per heavy atom. The lowest BCUT2D eigenvalue weighted by Crippen LogP contribution is -2.27. The third-order valence-corrected chi connectivity index (χ3v) is 4.20. The van der Waals surface area contributed by atoms with E-state index in [-0.39, 0.29) is 0 Å². The summed E-state index contributed by atoms with van der Waals surface area (Å²) in [4.78, 5) is 2.43. The normalized spacial score (nSPS) is 22.8. The molecule has 1 aliphatic rings. The van der Waals surface area contributed by atoms with Crippen LogP contribution in [0.3, 0.4) is 0 Å².